The molecule has 0 aliphatic carbocycles. The number of hydrogen-bond acceptors (Lipinski definition) is 6. The summed E-state index contributed by atoms with van der Waals surface area (Å²) in [5, 5.41) is 25.2. The Morgan fingerprint density at radius 2 is 1.91 bits per heavy atom. The fourth-order valence-corrected chi connectivity index (χ4v) is 3.00. The van der Waals surface area contributed by atoms with Crippen LogP contribution in [0.15, 0.2) is 12.1 Å². The molecular formula is C13H14N4O5. The second-order valence-corrected chi connectivity index (χ2v) is 5.41. The number of fused-ring (bicyclic) bond motifs is 2. The maximum absolute atomic E-state index is 12.6. The van der Waals surface area contributed by atoms with Crippen LogP contribution in [0.25, 0.3) is 0 Å². The van der Waals surface area contributed by atoms with Crippen LogP contribution >= 0.6 is 0 Å². The van der Waals surface area contributed by atoms with Crippen LogP contribution in [-0.2, 0) is 0 Å². The lowest BCUT2D eigenvalue weighted by atomic mass is 10.0. The lowest BCUT2D eigenvalue weighted by molar-refractivity contribution is -0.393. The molecule has 9 heteroatoms. The number of anilines is 1. The van der Waals surface area contributed by atoms with E-state index in [1.165, 1.54) is 0 Å². The molecule has 1 aromatic carbocycles. The van der Waals surface area contributed by atoms with Gasteiger partial charge in [-0.3, -0.25) is 25.0 Å². The highest BCUT2D eigenvalue weighted by atomic mass is 16.6. The summed E-state index contributed by atoms with van der Waals surface area (Å²) in [5.41, 5.74) is -0.793. The summed E-state index contributed by atoms with van der Waals surface area (Å²) in [6, 6.07) is 2.00. The normalized spacial score (nSPS) is 20.5. The standard InChI is InChI=1S/C13H14N4O5/c18-13-9-6-8(16(19)20)7-10(17(21)22)12(9)14-11-4-2-1-3-5-15(11)13/h6-7,11,14H,1-5H2. The van der Waals surface area contributed by atoms with Crippen molar-refractivity contribution < 1.29 is 14.6 Å². The van der Waals surface area contributed by atoms with E-state index in [4.69, 9.17) is 0 Å². The number of benzene rings is 1. The summed E-state index contributed by atoms with van der Waals surface area (Å²) in [7, 11) is 0. The van der Waals surface area contributed by atoms with Gasteiger partial charge in [0.25, 0.3) is 17.3 Å². The Morgan fingerprint density at radius 1 is 1.14 bits per heavy atom. The van der Waals surface area contributed by atoms with Crippen LogP contribution in [0, 0.1) is 20.2 Å². The summed E-state index contributed by atoms with van der Waals surface area (Å²) < 4.78 is 0. The quantitative estimate of drug-likeness (QED) is 0.661. The molecular weight excluding hydrogens is 292 g/mol. The van der Waals surface area contributed by atoms with Crippen molar-refractivity contribution in [1.82, 2.24) is 4.90 Å². The van der Waals surface area contributed by atoms with E-state index in [1.54, 1.807) is 4.90 Å². The zero-order valence-electron chi connectivity index (χ0n) is 11.7. The number of carbonyl (C=O) groups is 1. The van der Waals surface area contributed by atoms with Crippen molar-refractivity contribution in [3.8, 4) is 0 Å². The Balaban J connectivity index is 2.14. The minimum absolute atomic E-state index is 0.000880. The van der Waals surface area contributed by atoms with Crippen LogP contribution in [0.4, 0.5) is 17.1 Å². The van der Waals surface area contributed by atoms with E-state index in [-0.39, 0.29) is 23.3 Å². The summed E-state index contributed by atoms with van der Waals surface area (Å²) >= 11 is 0. The van der Waals surface area contributed by atoms with Crippen molar-refractivity contribution >= 4 is 23.0 Å². The molecule has 0 bridgehead atoms. The second kappa shape index (κ2) is 5.24. The Bertz CT molecular complexity index is 675. The number of nitrogens with one attached hydrogen (secondary N) is 1. The fourth-order valence-electron chi connectivity index (χ4n) is 3.00. The van der Waals surface area contributed by atoms with E-state index in [0.717, 1.165) is 31.4 Å². The highest BCUT2D eigenvalue weighted by Crippen LogP contribution is 2.38. The van der Waals surface area contributed by atoms with E-state index in [1.807, 2.05) is 0 Å². The molecule has 3 rings (SSSR count). The van der Waals surface area contributed by atoms with Crippen molar-refractivity contribution in [3.63, 3.8) is 0 Å². The number of nitrogens with zero attached hydrogens (tertiary/aromatic N) is 3. The van der Waals surface area contributed by atoms with Gasteiger partial charge in [-0.2, -0.15) is 0 Å². The van der Waals surface area contributed by atoms with E-state index in [2.05, 4.69) is 5.32 Å². The molecule has 0 saturated carbocycles. The first-order valence-electron chi connectivity index (χ1n) is 7.03. The fraction of sp³-hybridized carbons (Fsp3) is 0.462. The number of nitro groups is 2. The van der Waals surface area contributed by atoms with Crippen molar-refractivity contribution in [1.29, 1.82) is 0 Å². The SMILES string of the molecule is O=C1c2cc([N+](=O)[O-])cc([N+](=O)[O-])c2NC2CCCCCN12. The van der Waals surface area contributed by atoms with Gasteiger partial charge in [-0.1, -0.05) is 6.42 Å². The second-order valence-electron chi connectivity index (χ2n) is 5.41. The first kappa shape index (κ1) is 14.2. The Kier molecular flexibility index (Phi) is 3.39. The lowest BCUT2D eigenvalue weighted by Crippen LogP contribution is -2.48. The molecule has 0 spiro atoms. The molecule has 1 amide bonds. The van der Waals surface area contributed by atoms with Crippen LogP contribution < -0.4 is 5.32 Å². The average Bonchev–Trinajstić information content (AvgIpc) is 2.72. The molecule has 0 aromatic heterocycles. The minimum atomic E-state index is -0.727. The van der Waals surface area contributed by atoms with Crippen molar-refractivity contribution in [3.05, 3.63) is 37.9 Å². The van der Waals surface area contributed by atoms with Gasteiger partial charge in [0, 0.05) is 12.6 Å². The highest BCUT2D eigenvalue weighted by molar-refractivity contribution is 6.04. The van der Waals surface area contributed by atoms with Gasteiger partial charge >= 0.3 is 0 Å². The van der Waals surface area contributed by atoms with E-state index in [9.17, 15) is 25.0 Å². The molecule has 1 N–H and O–H groups in total. The molecule has 1 saturated heterocycles. The number of hydrogen-bond donors (Lipinski definition) is 1. The molecule has 116 valence electrons. The lowest BCUT2D eigenvalue weighted by Gasteiger charge is -2.36. The smallest absolute Gasteiger partial charge is 0.300 e. The third kappa shape index (κ3) is 2.24. The highest BCUT2D eigenvalue weighted by Gasteiger charge is 2.38. The predicted molar refractivity (Wildman–Crippen MR) is 76.7 cm³/mol. The van der Waals surface area contributed by atoms with Crippen molar-refractivity contribution in [2.45, 2.75) is 31.8 Å². The summed E-state index contributed by atoms with van der Waals surface area (Å²) in [6.07, 6.45) is 3.19. The first-order valence-corrected chi connectivity index (χ1v) is 7.03. The van der Waals surface area contributed by atoms with Crippen molar-refractivity contribution in [2.75, 3.05) is 11.9 Å². The Labute approximate surface area is 125 Å². The average molecular weight is 306 g/mol. The molecule has 1 aromatic rings. The summed E-state index contributed by atoms with van der Waals surface area (Å²) in [6.45, 7) is 0.548. The molecule has 2 aliphatic rings. The van der Waals surface area contributed by atoms with Gasteiger partial charge in [0.05, 0.1) is 21.5 Å². The molecule has 1 atom stereocenters. The van der Waals surface area contributed by atoms with Gasteiger partial charge in [-0.15, -0.1) is 0 Å². The number of non-ortho nitro benzene ring substituents is 1. The van der Waals surface area contributed by atoms with Gasteiger partial charge in [-0.25, -0.2) is 0 Å². The van der Waals surface area contributed by atoms with Crippen LogP contribution in [0.2, 0.25) is 0 Å². The third-order valence-corrected chi connectivity index (χ3v) is 4.06. The summed E-state index contributed by atoms with van der Waals surface area (Å²) in [4.78, 5) is 34.9. The largest absolute Gasteiger partial charge is 0.359 e. The molecule has 9 nitrogen and oxygen atoms in total. The maximum atomic E-state index is 12.6. The number of nitro benzene ring substituents is 2. The monoisotopic (exact) mass is 306 g/mol. The van der Waals surface area contributed by atoms with E-state index in [0.29, 0.717) is 13.0 Å². The molecule has 22 heavy (non-hydrogen) atoms. The van der Waals surface area contributed by atoms with Gasteiger partial charge in [-0.05, 0) is 19.3 Å². The van der Waals surface area contributed by atoms with Crippen LogP contribution in [0.3, 0.4) is 0 Å². The molecule has 0 radical (unpaired) electrons. The van der Waals surface area contributed by atoms with Gasteiger partial charge in [0.15, 0.2) is 0 Å². The molecule has 2 aliphatic heterocycles. The van der Waals surface area contributed by atoms with Gasteiger partial charge in [0.1, 0.15) is 11.9 Å². The number of carbonyl (C=O) groups excluding carboxylic acids is 1. The van der Waals surface area contributed by atoms with Crippen LogP contribution in [0.1, 0.15) is 36.0 Å². The Morgan fingerprint density at radius 3 is 2.59 bits per heavy atom. The van der Waals surface area contributed by atoms with E-state index >= 15 is 0 Å². The zero-order chi connectivity index (χ0) is 15.9. The number of rotatable bonds is 2. The minimum Gasteiger partial charge on any atom is -0.359 e. The third-order valence-electron chi connectivity index (χ3n) is 4.06. The maximum Gasteiger partial charge on any atom is 0.300 e. The van der Waals surface area contributed by atoms with Gasteiger partial charge in [0.2, 0.25) is 0 Å². The van der Waals surface area contributed by atoms with Crippen LogP contribution in [-0.4, -0.2) is 33.4 Å². The molecule has 2 heterocycles. The molecule has 1 unspecified atom stereocenters. The topological polar surface area (TPSA) is 119 Å². The van der Waals surface area contributed by atoms with Gasteiger partial charge < -0.3 is 10.2 Å². The Hall–Kier alpha value is -2.71. The van der Waals surface area contributed by atoms with E-state index < -0.39 is 21.2 Å². The first-order chi connectivity index (χ1) is 10.5. The number of amides is 1. The zero-order valence-corrected chi connectivity index (χ0v) is 11.7. The van der Waals surface area contributed by atoms with Crippen LogP contribution in [0.5, 0.6) is 0 Å². The molecule has 1 fully saturated rings. The predicted octanol–water partition coefficient (Wildman–Crippen LogP) is 2.27. The van der Waals surface area contributed by atoms with Crippen molar-refractivity contribution in [2.24, 2.45) is 0 Å². The summed E-state index contributed by atoms with van der Waals surface area (Å²) in [5.74, 6) is -0.382.